The highest BCUT2D eigenvalue weighted by molar-refractivity contribution is 6.30. The summed E-state index contributed by atoms with van der Waals surface area (Å²) in [5.74, 6) is 2.21. The fourth-order valence-corrected chi connectivity index (χ4v) is 5.23. The highest BCUT2D eigenvalue weighted by atomic mass is 127. The van der Waals surface area contributed by atoms with E-state index in [1.54, 1.807) is 0 Å². The Morgan fingerprint density at radius 2 is 1.77 bits per heavy atom. The number of para-hydroxylation sites is 1. The minimum Gasteiger partial charge on any atom is -1.00 e. The molecule has 4 rings (SSSR count). The minimum absolute atomic E-state index is 0. The van der Waals surface area contributed by atoms with Gasteiger partial charge in [0.2, 0.25) is 6.73 Å². The number of fused-ring (bicyclic) bond motifs is 5. The number of quaternary nitrogens is 1. The van der Waals surface area contributed by atoms with E-state index < -0.39 is 5.41 Å². The van der Waals surface area contributed by atoms with Crippen LogP contribution in [0.1, 0.15) is 56.6 Å². The summed E-state index contributed by atoms with van der Waals surface area (Å²) in [5.41, 5.74) is 1.91. The first kappa shape index (κ1) is 24.3. The second kappa shape index (κ2) is 9.28. The van der Waals surface area contributed by atoms with Crippen LogP contribution >= 0.6 is 11.6 Å². The van der Waals surface area contributed by atoms with E-state index in [0.29, 0.717) is 11.2 Å². The third-order valence-electron chi connectivity index (χ3n) is 6.61. The highest BCUT2D eigenvalue weighted by Crippen LogP contribution is 2.51. The van der Waals surface area contributed by atoms with E-state index in [0.717, 1.165) is 48.0 Å². The lowest BCUT2D eigenvalue weighted by Crippen LogP contribution is -3.00. The summed E-state index contributed by atoms with van der Waals surface area (Å²) in [5, 5.41) is 0.718. The number of ether oxygens (including phenoxy) is 2. The van der Waals surface area contributed by atoms with Gasteiger partial charge in [-0.05, 0) is 44.5 Å². The fraction of sp³-hybridized carbons (Fsp3) is 0.480. The molecule has 0 bridgehead atoms. The fourth-order valence-electron chi connectivity index (χ4n) is 5.05. The first-order chi connectivity index (χ1) is 14.2. The Balaban J connectivity index is 0.00000272. The van der Waals surface area contributed by atoms with Crippen molar-refractivity contribution in [3.05, 3.63) is 58.6 Å². The lowest BCUT2D eigenvalue weighted by Gasteiger charge is -2.31. The minimum atomic E-state index is -0.446. The summed E-state index contributed by atoms with van der Waals surface area (Å²) in [4.78, 5) is 12.7. The number of likely N-dealkylation sites (tertiary alicyclic amines) is 1. The van der Waals surface area contributed by atoms with E-state index >= 15 is 0 Å². The van der Waals surface area contributed by atoms with E-state index in [4.69, 9.17) is 21.1 Å². The van der Waals surface area contributed by atoms with Crippen LogP contribution in [0, 0.1) is 5.41 Å². The summed E-state index contributed by atoms with van der Waals surface area (Å²) < 4.78 is 12.8. The summed E-state index contributed by atoms with van der Waals surface area (Å²) in [7, 11) is 2.18. The van der Waals surface area contributed by atoms with Crippen molar-refractivity contribution in [2.45, 2.75) is 45.4 Å². The van der Waals surface area contributed by atoms with E-state index in [9.17, 15) is 4.79 Å². The van der Waals surface area contributed by atoms with E-state index in [-0.39, 0.29) is 41.8 Å². The average molecular weight is 556 g/mol. The first-order valence-electron chi connectivity index (χ1n) is 10.8. The first-order valence-corrected chi connectivity index (χ1v) is 11.2. The van der Waals surface area contributed by atoms with Gasteiger partial charge < -0.3 is 33.5 Å². The second-order valence-electron chi connectivity index (χ2n) is 9.71. The van der Waals surface area contributed by atoms with Gasteiger partial charge in [0.05, 0.1) is 25.6 Å². The van der Waals surface area contributed by atoms with Crippen LogP contribution in [0.25, 0.3) is 0 Å². The maximum atomic E-state index is 12.7. The quantitative estimate of drug-likeness (QED) is 0.323. The summed E-state index contributed by atoms with van der Waals surface area (Å²) in [6.07, 6.45) is 1.80. The van der Waals surface area contributed by atoms with Crippen LogP contribution in [0.5, 0.6) is 11.5 Å². The number of hydrogen-bond donors (Lipinski definition) is 0. The molecule has 6 heteroatoms. The molecule has 0 N–H and O–H groups in total. The molecule has 2 aliphatic heterocycles. The number of carbonyl (C=O) groups excluding carboxylic acids is 1. The summed E-state index contributed by atoms with van der Waals surface area (Å²) >= 11 is 6.36. The van der Waals surface area contributed by atoms with Crippen molar-refractivity contribution in [3.8, 4) is 11.5 Å². The zero-order valence-corrected chi connectivity index (χ0v) is 21.6. The van der Waals surface area contributed by atoms with Gasteiger partial charge in [-0.25, -0.2) is 0 Å². The topological polar surface area (TPSA) is 35.5 Å². The van der Waals surface area contributed by atoms with Crippen LogP contribution in [0.15, 0.2) is 42.5 Å². The van der Waals surface area contributed by atoms with Crippen molar-refractivity contribution in [3.63, 3.8) is 0 Å². The Labute approximate surface area is 207 Å². The Morgan fingerprint density at radius 1 is 1.13 bits per heavy atom. The van der Waals surface area contributed by atoms with Gasteiger partial charge >= 0.3 is 5.97 Å². The van der Waals surface area contributed by atoms with Crippen molar-refractivity contribution in [1.29, 1.82) is 0 Å². The number of esters is 1. The molecule has 3 atom stereocenters. The third-order valence-corrected chi connectivity index (χ3v) is 6.84. The van der Waals surface area contributed by atoms with E-state index in [1.807, 2.05) is 44.2 Å². The van der Waals surface area contributed by atoms with Gasteiger partial charge in [0, 0.05) is 28.0 Å². The van der Waals surface area contributed by atoms with Crippen molar-refractivity contribution in [2.24, 2.45) is 5.41 Å². The normalized spacial score (nSPS) is 24.0. The number of likely N-dealkylation sites (N-methyl/N-ethyl adjacent to an activating group) is 1. The van der Waals surface area contributed by atoms with E-state index in [1.165, 1.54) is 5.56 Å². The number of benzene rings is 2. The molecule has 0 amide bonds. The van der Waals surface area contributed by atoms with Crippen LogP contribution < -0.4 is 28.7 Å². The summed E-state index contributed by atoms with van der Waals surface area (Å²) in [6, 6.07) is 14.1. The van der Waals surface area contributed by atoms with E-state index in [2.05, 4.69) is 26.1 Å². The van der Waals surface area contributed by atoms with Gasteiger partial charge in [-0.15, -0.1) is 0 Å². The molecule has 1 saturated heterocycles. The van der Waals surface area contributed by atoms with Gasteiger partial charge in [0.1, 0.15) is 11.5 Å². The van der Waals surface area contributed by atoms with Gasteiger partial charge in [0.25, 0.3) is 0 Å². The predicted molar refractivity (Wildman–Crippen MR) is 119 cm³/mol. The molecule has 2 heterocycles. The van der Waals surface area contributed by atoms with Crippen molar-refractivity contribution < 1.29 is 42.7 Å². The Bertz CT molecular complexity index is 964. The standard InChI is InChI=1S/C25H31ClNO3.HI/c1-5-12-25(2,3)24(28)29-16-27(4)14-20-18-8-6-7-9-22(18)30-23-11-10-17(26)13-19(23)21(20)15-27;/h6-11,13,20-21H,5,12,14-16H2,1-4H3;1H/q+1;/p-1. The number of hydrogen-bond acceptors (Lipinski definition) is 3. The van der Waals surface area contributed by atoms with Gasteiger partial charge in [-0.3, -0.25) is 9.28 Å². The number of rotatable bonds is 5. The van der Waals surface area contributed by atoms with Crippen molar-refractivity contribution in [2.75, 3.05) is 26.9 Å². The molecule has 168 valence electrons. The molecule has 2 aliphatic rings. The number of carbonyl (C=O) groups is 1. The summed E-state index contributed by atoms with van der Waals surface area (Å²) in [6.45, 7) is 8.18. The molecule has 2 aromatic carbocycles. The molecule has 0 aromatic heterocycles. The Kier molecular flexibility index (Phi) is 7.28. The second-order valence-corrected chi connectivity index (χ2v) is 10.2. The maximum absolute atomic E-state index is 12.7. The molecule has 3 unspecified atom stereocenters. The van der Waals surface area contributed by atoms with Gasteiger partial charge in [-0.2, -0.15) is 0 Å². The molecule has 2 aromatic rings. The number of halogens is 2. The SMILES string of the molecule is CCCC(C)(C)C(=O)OC[N+]1(C)CC2c3ccccc3Oc3ccc(Cl)cc3C2C1.[I-]. The maximum Gasteiger partial charge on any atom is 0.315 e. The molecular formula is C25H31ClINO3. The molecular weight excluding hydrogens is 525 g/mol. The van der Waals surface area contributed by atoms with Crippen molar-refractivity contribution in [1.82, 2.24) is 0 Å². The van der Waals surface area contributed by atoms with Gasteiger partial charge in [0.15, 0.2) is 0 Å². The average Bonchev–Trinajstić information content (AvgIpc) is 3.00. The zero-order chi connectivity index (χ0) is 21.5. The monoisotopic (exact) mass is 555 g/mol. The lowest BCUT2D eigenvalue weighted by molar-refractivity contribution is -0.915. The molecule has 0 saturated carbocycles. The number of nitrogens with zero attached hydrogens (tertiary/aromatic N) is 1. The molecule has 4 nitrogen and oxygen atoms in total. The third kappa shape index (κ3) is 4.88. The molecule has 1 fully saturated rings. The lowest BCUT2D eigenvalue weighted by atomic mass is 9.84. The molecule has 0 spiro atoms. The van der Waals surface area contributed by atoms with Crippen LogP contribution in [-0.4, -0.2) is 37.3 Å². The molecule has 0 aliphatic carbocycles. The molecule has 0 radical (unpaired) electrons. The predicted octanol–water partition coefficient (Wildman–Crippen LogP) is 3.10. The smallest absolute Gasteiger partial charge is 0.315 e. The van der Waals surface area contributed by atoms with Crippen molar-refractivity contribution >= 4 is 17.6 Å². The zero-order valence-electron chi connectivity index (χ0n) is 18.7. The van der Waals surface area contributed by atoms with Crippen LogP contribution in [0.4, 0.5) is 0 Å². The molecule has 31 heavy (non-hydrogen) atoms. The van der Waals surface area contributed by atoms with Crippen LogP contribution in [0.3, 0.4) is 0 Å². The Morgan fingerprint density at radius 3 is 2.48 bits per heavy atom. The Hall–Kier alpha value is -1.31. The van der Waals surface area contributed by atoms with Crippen LogP contribution in [0.2, 0.25) is 5.02 Å². The van der Waals surface area contributed by atoms with Gasteiger partial charge in [-0.1, -0.05) is 43.1 Å². The van der Waals surface area contributed by atoms with Crippen LogP contribution in [-0.2, 0) is 9.53 Å². The highest BCUT2D eigenvalue weighted by Gasteiger charge is 2.48. The largest absolute Gasteiger partial charge is 1.00 e.